The highest BCUT2D eigenvalue weighted by Crippen LogP contribution is 2.47. The Morgan fingerprint density at radius 2 is 1.79 bits per heavy atom. The molecule has 2 fully saturated rings. The average Bonchev–Trinajstić information content (AvgIpc) is 2.47. The van der Waals surface area contributed by atoms with Gasteiger partial charge < -0.3 is 10.6 Å². The summed E-state index contributed by atoms with van der Waals surface area (Å²) < 4.78 is 0. The summed E-state index contributed by atoms with van der Waals surface area (Å²) in [6.45, 7) is 0. The fourth-order valence-corrected chi connectivity index (χ4v) is 4.76. The van der Waals surface area contributed by atoms with Crippen LogP contribution in [0, 0.1) is 5.92 Å². The first-order chi connectivity index (χ1) is 9.34. The SMILES string of the molecule is NC1=CC2C3CCCCC3=C3CCCCC3N2C=C1. The van der Waals surface area contributed by atoms with Gasteiger partial charge in [-0.2, -0.15) is 0 Å². The Morgan fingerprint density at radius 1 is 1.00 bits per heavy atom. The van der Waals surface area contributed by atoms with Crippen LogP contribution in [0.3, 0.4) is 0 Å². The predicted octanol–water partition coefficient (Wildman–Crippen LogP) is 3.47. The van der Waals surface area contributed by atoms with Gasteiger partial charge in [-0.05, 0) is 56.3 Å². The summed E-state index contributed by atoms with van der Waals surface area (Å²) in [6, 6.07) is 1.23. The second-order valence-corrected chi connectivity index (χ2v) is 6.58. The Morgan fingerprint density at radius 3 is 2.68 bits per heavy atom. The molecule has 0 radical (unpaired) electrons. The molecule has 3 unspecified atom stereocenters. The predicted molar refractivity (Wildman–Crippen MR) is 78.3 cm³/mol. The van der Waals surface area contributed by atoms with E-state index in [9.17, 15) is 0 Å². The van der Waals surface area contributed by atoms with Crippen LogP contribution in [0.5, 0.6) is 0 Å². The number of rotatable bonds is 0. The molecule has 0 aromatic heterocycles. The minimum Gasteiger partial charge on any atom is -0.399 e. The van der Waals surface area contributed by atoms with Crippen LogP contribution in [0.2, 0.25) is 0 Å². The van der Waals surface area contributed by atoms with Gasteiger partial charge in [-0.15, -0.1) is 0 Å². The lowest BCUT2D eigenvalue weighted by Gasteiger charge is -2.51. The molecule has 102 valence electrons. The van der Waals surface area contributed by atoms with Gasteiger partial charge in [-0.25, -0.2) is 0 Å². The van der Waals surface area contributed by atoms with Crippen molar-refractivity contribution in [2.24, 2.45) is 11.7 Å². The molecule has 19 heavy (non-hydrogen) atoms. The third kappa shape index (κ3) is 1.76. The summed E-state index contributed by atoms with van der Waals surface area (Å²) in [5.41, 5.74) is 10.7. The van der Waals surface area contributed by atoms with Crippen molar-refractivity contribution in [1.29, 1.82) is 0 Å². The van der Waals surface area contributed by atoms with Gasteiger partial charge in [0.15, 0.2) is 0 Å². The van der Waals surface area contributed by atoms with Crippen LogP contribution in [0.25, 0.3) is 0 Å². The van der Waals surface area contributed by atoms with Crippen molar-refractivity contribution in [2.45, 2.75) is 63.5 Å². The second kappa shape index (κ2) is 4.43. The molecule has 2 N–H and O–H groups in total. The van der Waals surface area contributed by atoms with Crippen LogP contribution in [0.4, 0.5) is 0 Å². The molecule has 4 aliphatic rings. The maximum Gasteiger partial charge on any atom is 0.0561 e. The molecule has 3 atom stereocenters. The van der Waals surface area contributed by atoms with Gasteiger partial charge >= 0.3 is 0 Å². The average molecular weight is 256 g/mol. The molecular formula is C17H24N2. The van der Waals surface area contributed by atoms with Gasteiger partial charge in [0, 0.05) is 17.8 Å². The lowest BCUT2D eigenvalue weighted by molar-refractivity contribution is 0.150. The summed E-state index contributed by atoms with van der Waals surface area (Å²) in [6.07, 6.45) is 17.7. The molecular weight excluding hydrogens is 232 g/mol. The van der Waals surface area contributed by atoms with Crippen LogP contribution < -0.4 is 5.73 Å². The van der Waals surface area contributed by atoms with Crippen LogP contribution in [-0.2, 0) is 0 Å². The minimum atomic E-state index is 0.548. The molecule has 0 bridgehead atoms. The number of hydrogen-bond acceptors (Lipinski definition) is 2. The normalized spacial score (nSPS) is 37.4. The van der Waals surface area contributed by atoms with Crippen molar-refractivity contribution in [3.8, 4) is 0 Å². The van der Waals surface area contributed by atoms with Crippen molar-refractivity contribution in [1.82, 2.24) is 4.90 Å². The van der Waals surface area contributed by atoms with Crippen molar-refractivity contribution >= 4 is 0 Å². The lowest BCUT2D eigenvalue weighted by atomic mass is 9.69. The van der Waals surface area contributed by atoms with Crippen LogP contribution in [-0.4, -0.2) is 17.0 Å². The van der Waals surface area contributed by atoms with Crippen molar-refractivity contribution < 1.29 is 0 Å². The minimum absolute atomic E-state index is 0.548. The Labute approximate surface area is 116 Å². The van der Waals surface area contributed by atoms with E-state index in [1.165, 1.54) is 51.4 Å². The number of allylic oxidation sites excluding steroid dienone is 1. The Bertz CT molecular complexity index is 472. The quantitative estimate of drug-likeness (QED) is 0.672. The maximum absolute atomic E-state index is 6.06. The highest BCUT2D eigenvalue weighted by molar-refractivity contribution is 5.37. The number of nitrogens with zero attached hydrogens (tertiary/aromatic N) is 1. The monoisotopic (exact) mass is 256 g/mol. The van der Waals surface area contributed by atoms with E-state index >= 15 is 0 Å². The molecule has 2 heterocycles. The van der Waals surface area contributed by atoms with E-state index in [1.54, 1.807) is 0 Å². The van der Waals surface area contributed by atoms with Gasteiger partial charge in [0.1, 0.15) is 0 Å². The third-order valence-electron chi connectivity index (χ3n) is 5.57. The van der Waals surface area contributed by atoms with Crippen molar-refractivity contribution in [3.63, 3.8) is 0 Å². The van der Waals surface area contributed by atoms with Crippen molar-refractivity contribution in [3.05, 3.63) is 35.2 Å². The summed E-state index contributed by atoms with van der Waals surface area (Å²) in [5.74, 6) is 0.751. The van der Waals surface area contributed by atoms with E-state index in [2.05, 4.69) is 23.3 Å². The molecule has 0 amide bonds. The van der Waals surface area contributed by atoms with Crippen molar-refractivity contribution in [2.75, 3.05) is 0 Å². The third-order valence-corrected chi connectivity index (χ3v) is 5.57. The molecule has 2 heteroatoms. The number of nitrogens with two attached hydrogens (primary N) is 1. The zero-order valence-corrected chi connectivity index (χ0v) is 11.6. The van der Waals surface area contributed by atoms with Gasteiger partial charge in [-0.1, -0.05) is 18.4 Å². The molecule has 0 aromatic carbocycles. The molecule has 0 saturated heterocycles. The molecule has 2 aliphatic carbocycles. The van der Waals surface area contributed by atoms with Gasteiger partial charge in [0.05, 0.1) is 12.1 Å². The summed E-state index contributed by atoms with van der Waals surface area (Å²) >= 11 is 0. The van der Waals surface area contributed by atoms with E-state index in [4.69, 9.17) is 5.73 Å². The van der Waals surface area contributed by atoms with E-state index in [0.717, 1.165) is 11.6 Å². The largest absolute Gasteiger partial charge is 0.399 e. The fraction of sp³-hybridized carbons (Fsp3) is 0.647. The summed E-state index contributed by atoms with van der Waals surface area (Å²) in [7, 11) is 0. The van der Waals surface area contributed by atoms with E-state index in [1.807, 2.05) is 11.1 Å². The van der Waals surface area contributed by atoms with Gasteiger partial charge in [0.2, 0.25) is 0 Å². The Hall–Kier alpha value is -1.18. The highest BCUT2D eigenvalue weighted by Gasteiger charge is 2.42. The highest BCUT2D eigenvalue weighted by atomic mass is 15.2. The smallest absolute Gasteiger partial charge is 0.0561 e. The molecule has 4 rings (SSSR count). The second-order valence-electron chi connectivity index (χ2n) is 6.58. The lowest BCUT2D eigenvalue weighted by Crippen LogP contribution is -2.51. The zero-order chi connectivity index (χ0) is 12.8. The Balaban J connectivity index is 1.80. The summed E-state index contributed by atoms with van der Waals surface area (Å²) in [4.78, 5) is 2.63. The molecule has 2 aliphatic heterocycles. The topological polar surface area (TPSA) is 29.3 Å². The van der Waals surface area contributed by atoms with Crippen LogP contribution in [0.1, 0.15) is 51.4 Å². The van der Waals surface area contributed by atoms with Crippen LogP contribution >= 0.6 is 0 Å². The first-order valence-corrected chi connectivity index (χ1v) is 7.99. The molecule has 0 aromatic rings. The van der Waals surface area contributed by atoms with E-state index in [-0.39, 0.29) is 0 Å². The fourth-order valence-electron chi connectivity index (χ4n) is 4.76. The summed E-state index contributed by atoms with van der Waals surface area (Å²) in [5, 5.41) is 0. The molecule has 2 nitrogen and oxygen atoms in total. The van der Waals surface area contributed by atoms with Gasteiger partial charge in [0.25, 0.3) is 0 Å². The van der Waals surface area contributed by atoms with E-state index in [0.29, 0.717) is 12.1 Å². The molecule has 2 saturated carbocycles. The molecule has 0 spiro atoms. The number of hydrogen-bond donors (Lipinski definition) is 1. The first-order valence-electron chi connectivity index (χ1n) is 7.99. The van der Waals surface area contributed by atoms with Gasteiger partial charge in [-0.3, -0.25) is 0 Å². The van der Waals surface area contributed by atoms with Crippen LogP contribution in [0.15, 0.2) is 35.2 Å². The maximum atomic E-state index is 6.06. The standard InChI is InChI=1S/C17H24N2/c18-12-9-10-19-16-8-4-3-6-14(16)13-5-1-2-7-15(13)17(19)11-12/h9-11,15-17H,1-8,18H2. The number of fused-ring (bicyclic) bond motifs is 5. The first kappa shape index (κ1) is 11.6. The zero-order valence-electron chi connectivity index (χ0n) is 11.6. The van der Waals surface area contributed by atoms with E-state index < -0.39 is 0 Å². The Kier molecular flexibility index (Phi) is 2.71.